The smallest absolute Gasteiger partial charge is 0.312 e. The molecule has 0 saturated carbocycles. The average Bonchev–Trinajstić information content (AvgIpc) is 3.42. The third-order valence-electron chi connectivity index (χ3n) is 6.39. The summed E-state index contributed by atoms with van der Waals surface area (Å²) in [7, 11) is 0. The number of fused-ring (bicyclic) bond motifs is 1. The van der Waals surface area contributed by atoms with Crippen molar-refractivity contribution in [3.05, 3.63) is 83.9 Å². The molecular weight excluding hydrogens is 378 g/mol. The van der Waals surface area contributed by atoms with Gasteiger partial charge in [-0.15, -0.1) is 0 Å². The van der Waals surface area contributed by atoms with E-state index in [1.807, 2.05) is 84.6 Å². The van der Waals surface area contributed by atoms with Crippen LogP contribution >= 0.6 is 0 Å². The van der Waals surface area contributed by atoms with E-state index in [-0.39, 0.29) is 24.0 Å². The Labute approximate surface area is 176 Å². The Balaban J connectivity index is 1.52. The van der Waals surface area contributed by atoms with E-state index >= 15 is 0 Å². The molecule has 1 amide bonds. The summed E-state index contributed by atoms with van der Waals surface area (Å²) in [5, 5.41) is 0. The van der Waals surface area contributed by atoms with Crippen LogP contribution in [0.1, 0.15) is 30.5 Å². The van der Waals surface area contributed by atoms with E-state index in [9.17, 15) is 9.59 Å². The summed E-state index contributed by atoms with van der Waals surface area (Å²) >= 11 is 0. The van der Waals surface area contributed by atoms with Gasteiger partial charge >= 0.3 is 5.97 Å². The molecule has 0 aromatic heterocycles. The lowest BCUT2D eigenvalue weighted by atomic mass is 9.77. The second kappa shape index (κ2) is 7.40. The maximum absolute atomic E-state index is 13.8. The van der Waals surface area contributed by atoms with Crippen LogP contribution in [0.3, 0.4) is 0 Å². The second-order valence-corrected chi connectivity index (χ2v) is 8.26. The first kappa shape index (κ1) is 19.1. The molecule has 2 aromatic rings. The maximum Gasteiger partial charge on any atom is 0.312 e. The zero-order valence-electron chi connectivity index (χ0n) is 16.9. The number of carbonyl (C=O) groups excluding carboxylic acids is 2. The van der Waals surface area contributed by atoms with Gasteiger partial charge in [0.25, 0.3) is 0 Å². The number of ether oxygens (including phenoxy) is 2. The zero-order chi connectivity index (χ0) is 20.7. The molecule has 5 rings (SSSR count). The van der Waals surface area contributed by atoms with Crippen molar-refractivity contribution >= 4 is 11.9 Å². The number of hydrogen-bond donors (Lipinski definition) is 0. The fraction of sp³-hybridized carbons (Fsp3) is 0.360. The van der Waals surface area contributed by atoms with Gasteiger partial charge in [0.1, 0.15) is 11.5 Å². The maximum atomic E-state index is 13.8. The number of esters is 1. The van der Waals surface area contributed by atoms with Crippen LogP contribution in [-0.4, -0.2) is 41.6 Å². The van der Waals surface area contributed by atoms with Gasteiger partial charge in [-0.1, -0.05) is 79.7 Å². The first-order valence-electron chi connectivity index (χ1n) is 10.6. The third-order valence-corrected chi connectivity index (χ3v) is 6.39. The molecule has 3 aliphatic heterocycles. The Morgan fingerprint density at radius 1 is 1.13 bits per heavy atom. The lowest BCUT2D eigenvalue weighted by Gasteiger charge is -2.31. The molecule has 0 radical (unpaired) electrons. The number of carbonyl (C=O) groups is 2. The van der Waals surface area contributed by atoms with E-state index in [1.165, 1.54) is 0 Å². The van der Waals surface area contributed by atoms with Crippen molar-refractivity contribution < 1.29 is 19.1 Å². The van der Waals surface area contributed by atoms with E-state index in [4.69, 9.17) is 9.47 Å². The van der Waals surface area contributed by atoms with Crippen LogP contribution < -0.4 is 0 Å². The highest BCUT2D eigenvalue weighted by Crippen LogP contribution is 2.54. The molecule has 0 N–H and O–H groups in total. The summed E-state index contributed by atoms with van der Waals surface area (Å²) in [4.78, 5) is 28.4. The lowest BCUT2D eigenvalue weighted by Crippen LogP contribution is -2.40. The van der Waals surface area contributed by atoms with Gasteiger partial charge in [0.05, 0.1) is 31.2 Å². The predicted octanol–water partition coefficient (Wildman–Crippen LogP) is 3.51. The van der Waals surface area contributed by atoms with Gasteiger partial charge in [-0.3, -0.25) is 9.59 Å². The Morgan fingerprint density at radius 3 is 2.37 bits per heavy atom. The van der Waals surface area contributed by atoms with Crippen molar-refractivity contribution in [1.82, 2.24) is 4.90 Å². The SMILES string of the molecule is CCCOC(=O)[C@@H]1[C@H]2C(=O)N(C(c3ccccc3)c3ccccc3)C[C@]23C=C[C@H]1O3. The van der Waals surface area contributed by atoms with Crippen LogP contribution in [0.4, 0.5) is 0 Å². The van der Waals surface area contributed by atoms with Gasteiger partial charge in [0.15, 0.2) is 0 Å². The Kier molecular flexibility index (Phi) is 4.70. The number of benzene rings is 2. The first-order valence-corrected chi connectivity index (χ1v) is 10.6. The van der Waals surface area contributed by atoms with E-state index in [2.05, 4.69) is 0 Å². The quantitative estimate of drug-likeness (QED) is 0.547. The van der Waals surface area contributed by atoms with Gasteiger partial charge in [-0.2, -0.15) is 0 Å². The summed E-state index contributed by atoms with van der Waals surface area (Å²) < 4.78 is 11.7. The third kappa shape index (κ3) is 2.88. The van der Waals surface area contributed by atoms with Crippen molar-refractivity contribution in [3.63, 3.8) is 0 Å². The van der Waals surface area contributed by atoms with Crippen molar-refractivity contribution in [1.29, 1.82) is 0 Å². The van der Waals surface area contributed by atoms with E-state index in [0.29, 0.717) is 13.2 Å². The minimum atomic E-state index is -0.751. The van der Waals surface area contributed by atoms with Gasteiger partial charge in [0.2, 0.25) is 5.91 Å². The number of amides is 1. The van der Waals surface area contributed by atoms with Gasteiger partial charge in [0, 0.05) is 0 Å². The molecule has 2 bridgehead atoms. The topological polar surface area (TPSA) is 55.8 Å². The van der Waals surface area contributed by atoms with Gasteiger partial charge in [-0.05, 0) is 17.5 Å². The van der Waals surface area contributed by atoms with Crippen molar-refractivity contribution in [2.24, 2.45) is 11.8 Å². The Hall–Kier alpha value is -2.92. The number of likely N-dealkylation sites (tertiary alicyclic amines) is 1. The molecule has 154 valence electrons. The first-order chi connectivity index (χ1) is 14.6. The number of rotatable bonds is 6. The number of nitrogens with zero attached hydrogens (tertiary/aromatic N) is 1. The molecule has 2 aromatic carbocycles. The van der Waals surface area contributed by atoms with Crippen LogP contribution in [0, 0.1) is 11.8 Å². The summed E-state index contributed by atoms with van der Waals surface area (Å²) in [6.45, 7) is 2.74. The van der Waals surface area contributed by atoms with Crippen LogP contribution in [0.25, 0.3) is 0 Å². The molecule has 30 heavy (non-hydrogen) atoms. The minimum absolute atomic E-state index is 0.0435. The molecule has 4 atom stereocenters. The monoisotopic (exact) mass is 403 g/mol. The minimum Gasteiger partial charge on any atom is -0.465 e. The molecule has 0 unspecified atom stereocenters. The Bertz CT molecular complexity index is 934. The number of hydrogen-bond acceptors (Lipinski definition) is 4. The average molecular weight is 403 g/mol. The van der Waals surface area contributed by atoms with E-state index in [1.54, 1.807) is 0 Å². The molecule has 2 saturated heterocycles. The highest BCUT2D eigenvalue weighted by Gasteiger charge is 2.68. The molecule has 0 aliphatic carbocycles. The summed E-state index contributed by atoms with van der Waals surface area (Å²) in [6, 6.07) is 19.8. The zero-order valence-corrected chi connectivity index (χ0v) is 16.9. The molecule has 3 aliphatic rings. The summed E-state index contributed by atoms with van der Waals surface area (Å²) in [6.07, 6.45) is 4.28. The Morgan fingerprint density at radius 2 is 1.77 bits per heavy atom. The van der Waals surface area contributed by atoms with Crippen LogP contribution in [-0.2, 0) is 19.1 Å². The largest absolute Gasteiger partial charge is 0.465 e. The second-order valence-electron chi connectivity index (χ2n) is 8.26. The fourth-order valence-corrected chi connectivity index (χ4v) is 5.14. The highest BCUT2D eigenvalue weighted by atomic mass is 16.6. The van der Waals surface area contributed by atoms with Crippen molar-refractivity contribution in [2.45, 2.75) is 31.1 Å². The van der Waals surface area contributed by atoms with Crippen LogP contribution in [0.2, 0.25) is 0 Å². The fourth-order valence-electron chi connectivity index (χ4n) is 5.14. The van der Waals surface area contributed by atoms with Gasteiger partial charge < -0.3 is 14.4 Å². The molecule has 2 fully saturated rings. The predicted molar refractivity (Wildman–Crippen MR) is 111 cm³/mol. The van der Waals surface area contributed by atoms with Crippen LogP contribution in [0.5, 0.6) is 0 Å². The molecular formula is C25H25NO4. The van der Waals surface area contributed by atoms with E-state index < -0.39 is 17.4 Å². The normalized spacial score (nSPS) is 28.9. The summed E-state index contributed by atoms with van der Waals surface area (Å²) in [5.74, 6) is -1.49. The highest BCUT2D eigenvalue weighted by molar-refractivity contribution is 5.91. The van der Waals surface area contributed by atoms with E-state index in [0.717, 1.165) is 17.5 Å². The standard InChI is InChI=1S/C25H25NO4/c1-2-15-29-24(28)20-19-13-14-25(30-19)16-26(23(27)21(20)25)22(17-9-5-3-6-10-17)18-11-7-4-8-12-18/h3-14,19-22H,2,15-16H2,1H3/t19-,20+,21+,25-/m1/s1. The molecule has 1 spiro atoms. The van der Waals surface area contributed by atoms with Crippen molar-refractivity contribution in [2.75, 3.05) is 13.2 Å². The summed E-state index contributed by atoms with van der Waals surface area (Å²) in [5.41, 5.74) is 1.33. The molecule has 5 heteroatoms. The van der Waals surface area contributed by atoms with Gasteiger partial charge in [-0.25, -0.2) is 0 Å². The lowest BCUT2D eigenvalue weighted by molar-refractivity contribution is -0.154. The molecule has 3 heterocycles. The van der Waals surface area contributed by atoms with Crippen molar-refractivity contribution in [3.8, 4) is 0 Å². The molecule has 5 nitrogen and oxygen atoms in total. The van der Waals surface area contributed by atoms with Crippen LogP contribution in [0.15, 0.2) is 72.8 Å².